The van der Waals surface area contributed by atoms with Crippen LogP contribution in [0.1, 0.15) is 23.5 Å². The molecule has 2 heterocycles. The van der Waals surface area contributed by atoms with E-state index in [1.165, 1.54) is 11.1 Å². The quantitative estimate of drug-likeness (QED) is 0.741. The van der Waals surface area contributed by atoms with E-state index in [1.807, 2.05) is 0 Å². The Labute approximate surface area is 168 Å². The van der Waals surface area contributed by atoms with Gasteiger partial charge in [-0.3, -0.25) is 4.79 Å². The van der Waals surface area contributed by atoms with Crippen molar-refractivity contribution in [2.75, 3.05) is 46.4 Å². The van der Waals surface area contributed by atoms with Crippen LogP contribution in [0.3, 0.4) is 0 Å². The Hall–Kier alpha value is -2.17. The molecule has 4 rings (SSSR count). The van der Waals surface area contributed by atoms with Crippen molar-refractivity contribution in [2.45, 2.75) is 12.3 Å². The molecule has 4 heteroatoms. The van der Waals surface area contributed by atoms with Gasteiger partial charge in [0.15, 0.2) is 0 Å². The van der Waals surface area contributed by atoms with Gasteiger partial charge in [0.05, 0.1) is 13.0 Å². The van der Waals surface area contributed by atoms with E-state index in [4.69, 9.17) is 4.74 Å². The summed E-state index contributed by atoms with van der Waals surface area (Å²) in [5.41, 5.74) is 2.75. The number of amides is 1. The molecule has 0 saturated carbocycles. The van der Waals surface area contributed by atoms with Crippen molar-refractivity contribution in [3.05, 3.63) is 71.8 Å². The summed E-state index contributed by atoms with van der Waals surface area (Å²) in [6.45, 7) is 5.56. The van der Waals surface area contributed by atoms with Crippen LogP contribution < -0.4 is 0 Å². The maximum absolute atomic E-state index is 12.3. The number of ether oxygens (including phenoxy) is 1. The van der Waals surface area contributed by atoms with Crippen molar-refractivity contribution >= 4 is 5.91 Å². The molecule has 2 aliphatic rings. The zero-order valence-corrected chi connectivity index (χ0v) is 16.7. The molecule has 0 N–H and O–H groups in total. The number of carbonyl (C=O) groups is 1. The SMILES string of the molecule is COCCC(=O)N1CC2CN(CC(c3ccccc3)c3ccccc3)CC2C1. The Morgan fingerprint density at radius 1 is 0.929 bits per heavy atom. The highest BCUT2D eigenvalue weighted by atomic mass is 16.5. The van der Waals surface area contributed by atoms with Crippen LogP contribution >= 0.6 is 0 Å². The predicted octanol–water partition coefficient (Wildman–Crippen LogP) is 3.25. The van der Waals surface area contributed by atoms with Crippen LogP contribution in [0.2, 0.25) is 0 Å². The van der Waals surface area contributed by atoms with Crippen molar-refractivity contribution in [3.63, 3.8) is 0 Å². The molecule has 0 bridgehead atoms. The van der Waals surface area contributed by atoms with Crippen LogP contribution in [0.15, 0.2) is 60.7 Å². The fraction of sp³-hybridized carbons (Fsp3) is 0.458. The third kappa shape index (κ3) is 4.29. The van der Waals surface area contributed by atoms with Gasteiger partial charge in [-0.1, -0.05) is 60.7 Å². The molecule has 0 aliphatic carbocycles. The number of benzene rings is 2. The van der Waals surface area contributed by atoms with Gasteiger partial charge in [-0.15, -0.1) is 0 Å². The Kier molecular flexibility index (Phi) is 6.08. The lowest BCUT2D eigenvalue weighted by Crippen LogP contribution is -2.35. The van der Waals surface area contributed by atoms with Crippen molar-refractivity contribution in [1.29, 1.82) is 0 Å². The van der Waals surface area contributed by atoms with Crippen molar-refractivity contribution < 1.29 is 9.53 Å². The lowest BCUT2D eigenvalue weighted by atomic mass is 9.91. The maximum atomic E-state index is 12.3. The lowest BCUT2D eigenvalue weighted by molar-refractivity contribution is -0.131. The van der Waals surface area contributed by atoms with Gasteiger partial charge < -0.3 is 14.5 Å². The number of likely N-dealkylation sites (tertiary alicyclic amines) is 2. The number of hydrogen-bond donors (Lipinski definition) is 0. The Bertz CT molecular complexity index is 711. The fourth-order valence-corrected chi connectivity index (χ4v) is 4.82. The third-order valence-corrected chi connectivity index (χ3v) is 6.28. The average Bonchev–Trinajstić information content (AvgIpc) is 3.30. The molecule has 2 saturated heterocycles. The monoisotopic (exact) mass is 378 g/mol. The molecule has 1 amide bonds. The highest BCUT2D eigenvalue weighted by Gasteiger charge is 2.41. The number of rotatable bonds is 7. The summed E-state index contributed by atoms with van der Waals surface area (Å²) < 4.78 is 5.06. The van der Waals surface area contributed by atoms with Gasteiger partial charge in [0.25, 0.3) is 0 Å². The standard InChI is InChI=1S/C24H30N2O2/c1-28-13-12-24(27)26-16-21-14-25(15-22(21)17-26)18-23(19-8-4-2-5-9-19)20-10-6-3-7-11-20/h2-11,21-23H,12-18H2,1H3. The Morgan fingerprint density at radius 3 is 1.96 bits per heavy atom. The summed E-state index contributed by atoms with van der Waals surface area (Å²) in [6.07, 6.45) is 0.504. The largest absolute Gasteiger partial charge is 0.384 e. The molecule has 2 fully saturated rings. The third-order valence-electron chi connectivity index (χ3n) is 6.28. The summed E-state index contributed by atoms with van der Waals surface area (Å²) >= 11 is 0. The molecule has 2 atom stereocenters. The van der Waals surface area contributed by atoms with Gasteiger partial charge in [0.2, 0.25) is 5.91 Å². The van der Waals surface area contributed by atoms with E-state index in [9.17, 15) is 4.79 Å². The van der Waals surface area contributed by atoms with E-state index in [0.29, 0.717) is 30.8 Å². The second-order valence-electron chi connectivity index (χ2n) is 8.15. The lowest BCUT2D eigenvalue weighted by Gasteiger charge is -2.26. The van der Waals surface area contributed by atoms with E-state index < -0.39 is 0 Å². The molecule has 2 aromatic rings. The number of fused-ring (bicyclic) bond motifs is 1. The Balaban J connectivity index is 1.40. The molecule has 4 nitrogen and oxygen atoms in total. The minimum atomic E-state index is 0.245. The summed E-state index contributed by atoms with van der Waals surface area (Å²) in [7, 11) is 1.65. The van der Waals surface area contributed by atoms with E-state index in [1.54, 1.807) is 7.11 Å². The van der Waals surface area contributed by atoms with Crippen LogP contribution in [0.4, 0.5) is 0 Å². The molecule has 2 aromatic carbocycles. The first kappa shape index (κ1) is 19.2. The summed E-state index contributed by atoms with van der Waals surface area (Å²) in [4.78, 5) is 17.0. The maximum Gasteiger partial charge on any atom is 0.224 e. The molecule has 148 valence electrons. The van der Waals surface area contributed by atoms with Gasteiger partial charge >= 0.3 is 0 Å². The first-order chi connectivity index (χ1) is 13.7. The Morgan fingerprint density at radius 2 is 1.46 bits per heavy atom. The minimum absolute atomic E-state index is 0.245. The topological polar surface area (TPSA) is 32.8 Å². The van der Waals surface area contributed by atoms with Crippen molar-refractivity contribution in [1.82, 2.24) is 9.80 Å². The molecule has 0 spiro atoms. The van der Waals surface area contributed by atoms with Gasteiger partial charge in [-0.25, -0.2) is 0 Å². The van der Waals surface area contributed by atoms with Gasteiger partial charge in [0, 0.05) is 45.8 Å². The first-order valence-electron chi connectivity index (χ1n) is 10.3. The van der Waals surface area contributed by atoms with Crippen LogP contribution in [-0.4, -0.2) is 62.1 Å². The van der Waals surface area contributed by atoms with E-state index in [0.717, 1.165) is 32.7 Å². The summed E-state index contributed by atoms with van der Waals surface area (Å²) in [5, 5.41) is 0. The van der Waals surface area contributed by atoms with E-state index in [2.05, 4.69) is 70.5 Å². The van der Waals surface area contributed by atoms with Crippen LogP contribution in [-0.2, 0) is 9.53 Å². The van der Waals surface area contributed by atoms with Crippen molar-refractivity contribution in [2.24, 2.45) is 11.8 Å². The zero-order chi connectivity index (χ0) is 19.3. The van der Waals surface area contributed by atoms with Gasteiger partial charge in [-0.2, -0.15) is 0 Å². The number of hydrogen-bond acceptors (Lipinski definition) is 3. The van der Waals surface area contributed by atoms with Gasteiger partial charge in [-0.05, 0) is 23.0 Å². The molecule has 0 radical (unpaired) electrons. The predicted molar refractivity (Wildman–Crippen MR) is 111 cm³/mol. The number of methoxy groups -OCH3 is 1. The smallest absolute Gasteiger partial charge is 0.224 e. The number of carbonyl (C=O) groups excluding carboxylic acids is 1. The highest BCUT2D eigenvalue weighted by Crippen LogP contribution is 2.34. The first-order valence-corrected chi connectivity index (χ1v) is 10.3. The molecular formula is C24H30N2O2. The zero-order valence-electron chi connectivity index (χ0n) is 16.7. The second-order valence-corrected chi connectivity index (χ2v) is 8.15. The molecule has 2 aliphatic heterocycles. The van der Waals surface area contributed by atoms with Crippen molar-refractivity contribution in [3.8, 4) is 0 Å². The molecule has 28 heavy (non-hydrogen) atoms. The van der Waals surface area contributed by atoms with Gasteiger partial charge in [0.1, 0.15) is 0 Å². The normalized spacial score (nSPS) is 22.0. The average molecular weight is 379 g/mol. The van der Waals surface area contributed by atoms with Crippen LogP contribution in [0, 0.1) is 11.8 Å². The minimum Gasteiger partial charge on any atom is -0.384 e. The van der Waals surface area contributed by atoms with Crippen LogP contribution in [0.25, 0.3) is 0 Å². The fourth-order valence-electron chi connectivity index (χ4n) is 4.82. The second kappa shape index (κ2) is 8.89. The summed E-state index contributed by atoms with van der Waals surface area (Å²) in [6, 6.07) is 21.7. The number of nitrogens with zero attached hydrogens (tertiary/aromatic N) is 2. The highest BCUT2D eigenvalue weighted by molar-refractivity contribution is 5.76. The summed E-state index contributed by atoms with van der Waals surface area (Å²) in [5.74, 6) is 1.85. The molecular weight excluding hydrogens is 348 g/mol. The molecule has 0 aromatic heterocycles. The van der Waals surface area contributed by atoms with E-state index >= 15 is 0 Å². The van der Waals surface area contributed by atoms with Crippen LogP contribution in [0.5, 0.6) is 0 Å². The van der Waals surface area contributed by atoms with E-state index in [-0.39, 0.29) is 5.91 Å². The molecule has 2 unspecified atom stereocenters.